The first-order valence-electron chi connectivity index (χ1n) is 9.48. The maximum Gasteiger partial charge on any atom is 0.252 e. The van der Waals surface area contributed by atoms with Gasteiger partial charge in [-0.25, -0.2) is 19.9 Å². The highest BCUT2D eigenvalue weighted by molar-refractivity contribution is 5.86. The van der Waals surface area contributed by atoms with E-state index >= 15 is 0 Å². The van der Waals surface area contributed by atoms with Gasteiger partial charge in [-0.15, -0.1) is 0 Å². The molecule has 0 bridgehead atoms. The summed E-state index contributed by atoms with van der Waals surface area (Å²) in [7, 11) is 1.75. The highest BCUT2D eigenvalue weighted by Crippen LogP contribution is 2.32. The van der Waals surface area contributed by atoms with Crippen molar-refractivity contribution < 1.29 is 4.74 Å². The number of ether oxygens (including phenoxy) is 1. The second kappa shape index (κ2) is 7.96. The van der Waals surface area contributed by atoms with Gasteiger partial charge in [0.05, 0.1) is 24.2 Å². The summed E-state index contributed by atoms with van der Waals surface area (Å²) < 4.78 is 7.13. The third kappa shape index (κ3) is 3.75. The van der Waals surface area contributed by atoms with Gasteiger partial charge in [0, 0.05) is 19.5 Å². The van der Waals surface area contributed by atoms with Gasteiger partial charge < -0.3 is 10.1 Å². The maximum atomic E-state index is 5.50. The van der Waals surface area contributed by atoms with Crippen molar-refractivity contribution in [3.63, 3.8) is 0 Å². The van der Waals surface area contributed by atoms with Crippen LogP contribution in [0.25, 0.3) is 17.0 Å². The minimum absolute atomic E-state index is 0.219. The summed E-state index contributed by atoms with van der Waals surface area (Å²) in [5.74, 6) is 2.67. The quantitative estimate of drug-likeness (QED) is 0.716. The molecule has 1 unspecified atom stereocenters. The van der Waals surface area contributed by atoms with E-state index in [0.29, 0.717) is 24.1 Å². The fraction of sp³-hybridized carbons (Fsp3) is 0.526. The van der Waals surface area contributed by atoms with Gasteiger partial charge in [-0.1, -0.05) is 19.8 Å². The Bertz CT molecular complexity index is 874. The Labute approximate surface area is 158 Å². The molecule has 0 aliphatic heterocycles. The van der Waals surface area contributed by atoms with E-state index in [1.807, 2.05) is 0 Å². The normalized spacial score (nSPS) is 21.3. The van der Waals surface area contributed by atoms with Crippen molar-refractivity contribution >= 4 is 16.9 Å². The molecule has 1 fully saturated rings. The van der Waals surface area contributed by atoms with Gasteiger partial charge in [-0.3, -0.25) is 0 Å². The van der Waals surface area contributed by atoms with Crippen molar-refractivity contribution in [2.24, 2.45) is 11.8 Å². The van der Waals surface area contributed by atoms with Gasteiger partial charge in [0.25, 0.3) is 5.95 Å². The summed E-state index contributed by atoms with van der Waals surface area (Å²) in [6.45, 7) is 2.99. The minimum Gasteiger partial charge on any atom is -0.383 e. The zero-order chi connectivity index (χ0) is 18.6. The molecular formula is C19H25N7O. The Morgan fingerprint density at radius 2 is 1.93 bits per heavy atom. The molecule has 3 aromatic heterocycles. The van der Waals surface area contributed by atoms with E-state index in [0.717, 1.165) is 17.1 Å². The third-order valence-electron chi connectivity index (χ3n) is 5.41. The number of anilines is 1. The van der Waals surface area contributed by atoms with E-state index in [4.69, 9.17) is 4.74 Å². The molecule has 1 aliphatic carbocycles. The summed E-state index contributed by atoms with van der Waals surface area (Å²) in [6, 6.07) is 1.99. The van der Waals surface area contributed by atoms with Crippen LogP contribution in [0.3, 0.4) is 0 Å². The lowest BCUT2D eigenvalue weighted by molar-refractivity contribution is 0.144. The number of hydrogen-bond donors (Lipinski definition) is 1. The maximum absolute atomic E-state index is 5.50. The first kappa shape index (κ1) is 17.8. The predicted octanol–water partition coefficient (Wildman–Crippen LogP) is 2.86. The first-order valence-corrected chi connectivity index (χ1v) is 9.48. The number of methoxy groups -OCH3 is 1. The largest absolute Gasteiger partial charge is 0.383 e. The van der Waals surface area contributed by atoms with Crippen LogP contribution in [0.4, 0.5) is 5.82 Å². The zero-order valence-electron chi connectivity index (χ0n) is 15.7. The molecule has 0 radical (unpaired) electrons. The Kier molecular flexibility index (Phi) is 5.24. The van der Waals surface area contributed by atoms with Gasteiger partial charge in [0.2, 0.25) is 0 Å². The van der Waals surface area contributed by atoms with Crippen molar-refractivity contribution in [3.05, 3.63) is 31.0 Å². The number of hydrogen-bond acceptors (Lipinski definition) is 7. The lowest BCUT2D eigenvalue weighted by Gasteiger charge is -2.33. The van der Waals surface area contributed by atoms with Gasteiger partial charge in [-0.2, -0.15) is 9.78 Å². The van der Waals surface area contributed by atoms with E-state index in [9.17, 15) is 0 Å². The average Bonchev–Trinajstić information content (AvgIpc) is 3.14. The van der Waals surface area contributed by atoms with Crippen LogP contribution in [-0.4, -0.2) is 49.5 Å². The number of rotatable bonds is 6. The zero-order valence-corrected chi connectivity index (χ0v) is 15.7. The molecule has 27 heavy (non-hydrogen) atoms. The van der Waals surface area contributed by atoms with Crippen LogP contribution in [-0.2, 0) is 4.74 Å². The Hall–Kier alpha value is -2.61. The van der Waals surface area contributed by atoms with E-state index in [1.165, 1.54) is 25.7 Å². The van der Waals surface area contributed by atoms with Crippen LogP contribution in [0.5, 0.6) is 0 Å². The van der Waals surface area contributed by atoms with Crippen LogP contribution in [0.15, 0.2) is 31.0 Å². The summed E-state index contributed by atoms with van der Waals surface area (Å²) in [5, 5.41) is 8.88. The molecule has 1 saturated carbocycles. The highest BCUT2D eigenvalue weighted by atomic mass is 16.5. The molecule has 1 N–H and O–H groups in total. The second-order valence-electron chi connectivity index (χ2n) is 7.29. The van der Waals surface area contributed by atoms with Gasteiger partial charge in [-0.05, 0) is 30.7 Å². The Morgan fingerprint density at radius 1 is 1.15 bits per heavy atom. The Balaban J connectivity index is 1.62. The molecular weight excluding hydrogens is 342 g/mol. The number of nitrogens with zero attached hydrogens (tertiary/aromatic N) is 6. The van der Waals surface area contributed by atoms with Crippen LogP contribution in [0.1, 0.15) is 32.6 Å². The van der Waals surface area contributed by atoms with Crippen LogP contribution in [0, 0.1) is 11.8 Å². The van der Waals surface area contributed by atoms with E-state index in [2.05, 4.69) is 37.3 Å². The fourth-order valence-corrected chi connectivity index (χ4v) is 3.85. The molecule has 0 saturated heterocycles. The van der Waals surface area contributed by atoms with Gasteiger partial charge in [0.1, 0.15) is 12.1 Å². The molecule has 142 valence electrons. The monoisotopic (exact) mass is 367 g/mol. The molecule has 0 aromatic carbocycles. The summed E-state index contributed by atoms with van der Waals surface area (Å²) in [6.07, 6.45) is 11.7. The lowest BCUT2D eigenvalue weighted by atomic mass is 9.79. The second-order valence-corrected chi connectivity index (χ2v) is 7.29. The fourth-order valence-electron chi connectivity index (χ4n) is 3.85. The molecule has 1 aliphatic rings. The standard InChI is InChI=1S/C19H25N7O/c1-13-4-6-14(7-5-13)16(11-27-2)25-17-15-10-24-26(18(15)23-12-22-17)19-20-8-3-9-21-19/h3,8-10,12-14,16H,4-7,11H2,1-2H3,(H,22,23,25). The third-order valence-corrected chi connectivity index (χ3v) is 5.41. The molecule has 3 aromatic rings. The van der Waals surface area contributed by atoms with Gasteiger partial charge in [0.15, 0.2) is 5.65 Å². The number of fused-ring (bicyclic) bond motifs is 1. The van der Waals surface area contributed by atoms with E-state index in [1.54, 1.807) is 42.8 Å². The van der Waals surface area contributed by atoms with Crippen molar-refractivity contribution in [1.82, 2.24) is 29.7 Å². The molecule has 8 heteroatoms. The first-order chi connectivity index (χ1) is 13.3. The SMILES string of the molecule is COCC(Nc1ncnc2c1cnn2-c1ncccn1)C1CCC(C)CC1. The summed E-state index contributed by atoms with van der Waals surface area (Å²) in [4.78, 5) is 17.4. The van der Waals surface area contributed by atoms with Crippen LogP contribution >= 0.6 is 0 Å². The van der Waals surface area contributed by atoms with Crippen molar-refractivity contribution in [2.75, 3.05) is 19.0 Å². The highest BCUT2D eigenvalue weighted by Gasteiger charge is 2.27. The molecule has 3 heterocycles. The van der Waals surface area contributed by atoms with E-state index in [-0.39, 0.29) is 6.04 Å². The van der Waals surface area contributed by atoms with E-state index < -0.39 is 0 Å². The summed E-state index contributed by atoms with van der Waals surface area (Å²) >= 11 is 0. The van der Waals surface area contributed by atoms with Crippen molar-refractivity contribution in [3.8, 4) is 5.95 Å². The topological polar surface area (TPSA) is 90.6 Å². The molecule has 0 spiro atoms. The van der Waals surface area contributed by atoms with Crippen molar-refractivity contribution in [1.29, 1.82) is 0 Å². The smallest absolute Gasteiger partial charge is 0.252 e. The molecule has 4 rings (SSSR count). The minimum atomic E-state index is 0.219. The number of aromatic nitrogens is 6. The van der Waals surface area contributed by atoms with Crippen molar-refractivity contribution in [2.45, 2.75) is 38.6 Å². The molecule has 8 nitrogen and oxygen atoms in total. The van der Waals surface area contributed by atoms with Gasteiger partial charge >= 0.3 is 0 Å². The molecule has 0 amide bonds. The number of nitrogens with one attached hydrogen (secondary N) is 1. The molecule has 1 atom stereocenters. The van der Waals surface area contributed by atoms with Crippen LogP contribution < -0.4 is 5.32 Å². The lowest BCUT2D eigenvalue weighted by Crippen LogP contribution is -2.36. The summed E-state index contributed by atoms with van der Waals surface area (Å²) in [5.41, 5.74) is 0.687. The van der Waals surface area contributed by atoms with Crippen LogP contribution in [0.2, 0.25) is 0 Å². The average molecular weight is 367 g/mol. The predicted molar refractivity (Wildman–Crippen MR) is 103 cm³/mol. The Morgan fingerprint density at radius 3 is 2.67 bits per heavy atom.